The molecule has 0 fully saturated rings. The van der Waals surface area contributed by atoms with E-state index < -0.39 is 15.4 Å². The molecule has 0 saturated carbocycles. The molecule has 9 nitrogen and oxygen atoms in total. The van der Waals surface area contributed by atoms with Gasteiger partial charge < -0.3 is 14.4 Å². The Labute approximate surface area is 228 Å². The molecule has 2 heterocycles. The summed E-state index contributed by atoms with van der Waals surface area (Å²) in [6.45, 7) is 0.830. The molecule has 0 aliphatic heterocycles. The van der Waals surface area contributed by atoms with Gasteiger partial charge in [0.25, 0.3) is 5.56 Å². The van der Waals surface area contributed by atoms with Crippen molar-refractivity contribution in [2.45, 2.75) is 17.2 Å². The Morgan fingerprint density at radius 2 is 1.76 bits per heavy atom. The molecule has 37 heavy (non-hydrogen) atoms. The number of rotatable bonds is 9. The van der Waals surface area contributed by atoms with Crippen LogP contribution in [0, 0.1) is 0 Å². The predicted octanol–water partition coefficient (Wildman–Crippen LogP) is 4.32. The summed E-state index contributed by atoms with van der Waals surface area (Å²) in [5.41, 5.74) is 0.0613. The fraction of sp³-hybridized carbons (Fsp3) is 0.292. The summed E-state index contributed by atoms with van der Waals surface area (Å²) in [5, 5.41) is 0.549. The Morgan fingerprint density at radius 3 is 2.41 bits per heavy atom. The van der Waals surface area contributed by atoms with Crippen molar-refractivity contribution in [3.05, 3.63) is 80.0 Å². The lowest BCUT2D eigenvalue weighted by Gasteiger charge is -2.14. The summed E-state index contributed by atoms with van der Waals surface area (Å²) in [7, 11) is 5.21. The monoisotopic (exact) mass is 645 g/mol. The Hall–Kier alpha value is -2.97. The molecule has 0 saturated heterocycles. The Balaban J connectivity index is 1.87. The molecule has 0 radical (unpaired) electrons. The molecule has 4 rings (SSSR count). The van der Waals surface area contributed by atoms with Crippen molar-refractivity contribution in [2.75, 3.05) is 20.6 Å². The number of alkyl halides is 3. The number of hydrogen-bond donors (Lipinski definition) is 0. The fourth-order valence-corrected chi connectivity index (χ4v) is 4.07. The number of ether oxygens (including phenoxy) is 2. The first-order valence-electron chi connectivity index (χ1n) is 11.1. The van der Waals surface area contributed by atoms with Crippen LogP contribution in [0.5, 0.6) is 17.5 Å². The quantitative estimate of drug-likeness (QED) is 0.199. The van der Waals surface area contributed by atoms with Gasteiger partial charge in [0.05, 0.1) is 29.1 Å². The van der Waals surface area contributed by atoms with Crippen LogP contribution in [0.4, 0.5) is 8.78 Å². The largest absolute Gasteiger partial charge is 0.451 e. The lowest BCUT2D eigenvalue weighted by atomic mass is 10.2. The van der Waals surface area contributed by atoms with Gasteiger partial charge in [-0.15, -0.1) is 0 Å². The van der Waals surface area contributed by atoms with E-state index in [1.807, 2.05) is 19.0 Å². The summed E-state index contributed by atoms with van der Waals surface area (Å²) in [4.78, 5) is 32.8. The first-order chi connectivity index (χ1) is 17.4. The van der Waals surface area contributed by atoms with Gasteiger partial charge in [0.15, 0.2) is 11.2 Å². The molecule has 2 aromatic carbocycles. The van der Waals surface area contributed by atoms with Gasteiger partial charge in [-0.1, -0.05) is 29.8 Å². The fourth-order valence-electron chi connectivity index (χ4n) is 3.69. The average Bonchev–Trinajstić information content (AvgIpc) is 3.16. The minimum absolute atomic E-state index is 0.000734. The number of imidazole rings is 1. The average molecular weight is 646 g/mol. The second-order valence-corrected chi connectivity index (χ2v) is 10.2. The van der Waals surface area contributed by atoms with Crippen molar-refractivity contribution in [2.24, 2.45) is 7.05 Å². The smallest absolute Gasteiger partial charge is 0.425 e. The van der Waals surface area contributed by atoms with Crippen molar-refractivity contribution >= 4 is 45.4 Å². The Morgan fingerprint density at radius 1 is 1.08 bits per heavy atom. The molecular formula is C24H23ClF2IN5O4. The van der Waals surface area contributed by atoms with Gasteiger partial charge in [0.1, 0.15) is 11.5 Å². The molecule has 0 N–H and O–H groups in total. The molecule has 0 spiro atoms. The summed E-state index contributed by atoms with van der Waals surface area (Å²) in [5.74, 6) is 0.0412. The molecule has 4 aromatic rings. The Kier molecular flexibility index (Phi) is 7.90. The molecule has 13 heteroatoms. The second-order valence-electron chi connectivity index (χ2n) is 8.51. The highest BCUT2D eigenvalue weighted by Crippen LogP contribution is 2.32. The van der Waals surface area contributed by atoms with E-state index in [-0.39, 0.29) is 41.8 Å². The van der Waals surface area contributed by atoms with E-state index in [1.54, 1.807) is 34.9 Å². The van der Waals surface area contributed by atoms with Crippen LogP contribution in [0.3, 0.4) is 0 Å². The minimum atomic E-state index is -3.41. The number of benzene rings is 2. The third-order valence-corrected chi connectivity index (χ3v) is 5.94. The maximum absolute atomic E-state index is 13.5. The topological polar surface area (TPSA) is 83.5 Å². The minimum Gasteiger partial charge on any atom is -0.425 e. The SMILES string of the molecule is CN(C)CCn1c(=O)c2c(nc(Oc3cccc(OC(F)(F)I)c3)n2Cc2ccc(Cl)cc2)n(C)c1=O. The zero-order chi connectivity index (χ0) is 26.9. The number of nitrogens with zero attached hydrogens (tertiary/aromatic N) is 5. The highest BCUT2D eigenvalue weighted by molar-refractivity contribution is 14.1. The normalized spacial score (nSPS) is 11.9. The van der Waals surface area contributed by atoms with Gasteiger partial charge >= 0.3 is 15.8 Å². The molecule has 196 valence electrons. The second kappa shape index (κ2) is 10.8. The van der Waals surface area contributed by atoms with Gasteiger partial charge in [0, 0.05) is 31.2 Å². The number of aryl methyl sites for hydroxylation is 1. The molecule has 0 atom stereocenters. The van der Waals surface area contributed by atoms with Crippen molar-refractivity contribution in [3.8, 4) is 17.5 Å². The van der Waals surface area contributed by atoms with E-state index in [0.717, 1.165) is 32.7 Å². The van der Waals surface area contributed by atoms with Crippen LogP contribution >= 0.6 is 34.2 Å². The highest BCUT2D eigenvalue weighted by Gasteiger charge is 2.27. The lowest BCUT2D eigenvalue weighted by molar-refractivity contribution is -0.0692. The summed E-state index contributed by atoms with van der Waals surface area (Å²) in [6.07, 6.45) is 0. The van der Waals surface area contributed by atoms with Crippen LogP contribution in [0.1, 0.15) is 5.56 Å². The van der Waals surface area contributed by atoms with Gasteiger partial charge in [-0.25, -0.2) is 4.79 Å². The van der Waals surface area contributed by atoms with E-state index in [4.69, 9.17) is 16.3 Å². The van der Waals surface area contributed by atoms with Crippen molar-refractivity contribution in [1.82, 2.24) is 23.6 Å². The van der Waals surface area contributed by atoms with E-state index in [2.05, 4.69) is 9.72 Å². The first kappa shape index (κ1) is 27.1. The first-order valence-corrected chi connectivity index (χ1v) is 12.5. The summed E-state index contributed by atoms with van der Waals surface area (Å²) >= 11 is 6.90. The number of likely N-dealkylation sites (N-methyl/N-ethyl adjacent to an activating group) is 1. The van der Waals surface area contributed by atoms with Gasteiger partial charge in [-0.05, 0) is 43.9 Å². The molecule has 0 aliphatic carbocycles. The molecule has 2 aromatic heterocycles. The van der Waals surface area contributed by atoms with Crippen molar-refractivity contribution in [1.29, 1.82) is 0 Å². The van der Waals surface area contributed by atoms with E-state index in [9.17, 15) is 18.4 Å². The van der Waals surface area contributed by atoms with Crippen molar-refractivity contribution in [3.63, 3.8) is 0 Å². The Bertz CT molecular complexity index is 1540. The van der Waals surface area contributed by atoms with E-state index >= 15 is 0 Å². The highest BCUT2D eigenvalue weighted by atomic mass is 127. The van der Waals surface area contributed by atoms with E-state index in [0.29, 0.717) is 11.6 Å². The number of aromatic nitrogens is 4. The standard InChI is InChI=1S/C24H23ClF2IN5O4/c1-30(2)11-12-32-21(34)19-20(31(3)23(32)35)29-22(33(19)14-15-7-9-16(25)10-8-15)36-17-5-4-6-18(13-17)37-24(26,27)28/h4-10,13H,11-12,14H2,1-3H3. The zero-order valence-electron chi connectivity index (χ0n) is 20.1. The van der Waals surface area contributed by atoms with Crippen LogP contribution in [0.15, 0.2) is 58.1 Å². The van der Waals surface area contributed by atoms with Gasteiger partial charge in [0.2, 0.25) is 0 Å². The maximum atomic E-state index is 13.5. The summed E-state index contributed by atoms with van der Waals surface area (Å²) < 4.78 is 37.9. The maximum Gasteiger partial charge on any atom is 0.451 e. The third-order valence-electron chi connectivity index (χ3n) is 5.47. The van der Waals surface area contributed by atoms with E-state index in [1.165, 1.54) is 29.8 Å². The van der Waals surface area contributed by atoms with Gasteiger partial charge in [-0.2, -0.15) is 13.8 Å². The molecule has 0 amide bonds. The van der Waals surface area contributed by atoms with Crippen LogP contribution in [0.25, 0.3) is 11.2 Å². The van der Waals surface area contributed by atoms with Crippen LogP contribution in [0.2, 0.25) is 5.02 Å². The summed E-state index contributed by atoms with van der Waals surface area (Å²) in [6, 6.07) is 12.7. The van der Waals surface area contributed by atoms with Crippen LogP contribution in [-0.4, -0.2) is 48.3 Å². The van der Waals surface area contributed by atoms with Crippen LogP contribution in [-0.2, 0) is 20.1 Å². The number of fused-ring (bicyclic) bond motifs is 1. The molecule has 0 aliphatic rings. The third kappa shape index (κ3) is 6.30. The number of halogens is 4. The van der Waals surface area contributed by atoms with Crippen molar-refractivity contribution < 1.29 is 18.3 Å². The number of hydrogen-bond acceptors (Lipinski definition) is 6. The zero-order valence-corrected chi connectivity index (χ0v) is 23.0. The molecule has 0 bridgehead atoms. The lowest BCUT2D eigenvalue weighted by Crippen LogP contribution is -2.41. The molecule has 0 unspecified atom stereocenters. The predicted molar refractivity (Wildman–Crippen MR) is 144 cm³/mol. The molecular weight excluding hydrogens is 623 g/mol. The van der Waals surface area contributed by atoms with Crippen LogP contribution < -0.4 is 20.7 Å². The van der Waals surface area contributed by atoms with Gasteiger partial charge in [-0.3, -0.25) is 18.5 Å².